The van der Waals surface area contributed by atoms with Gasteiger partial charge in [-0.2, -0.15) is 4.98 Å². The van der Waals surface area contributed by atoms with E-state index in [0.29, 0.717) is 28.6 Å². The van der Waals surface area contributed by atoms with E-state index in [1.165, 1.54) is 6.39 Å². The van der Waals surface area contributed by atoms with E-state index in [2.05, 4.69) is 20.3 Å². The van der Waals surface area contributed by atoms with E-state index < -0.39 is 5.82 Å². The number of hydrogen-bond donors (Lipinski definition) is 2. The van der Waals surface area contributed by atoms with Crippen molar-refractivity contribution < 1.29 is 18.3 Å². The van der Waals surface area contributed by atoms with Gasteiger partial charge in [0.15, 0.2) is 30.4 Å². The van der Waals surface area contributed by atoms with Gasteiger partial charge < -0.3 is 20.2 Å². The minimum Gasteiger partial charge on any atom is -0.482 e. The van der Waals surface area contributed by atoms with Crippen LogP contribution in [0, 0.1) is 5.82 Å². The molecule has 0 aliphatic carbocycles. The minimum absolute atomic E-state index is 0.0398. The zero-order valence-corrected chi connectivity index (χ0v) is 15.9. The molecule has 0 radical (unpaired) electrons. The first-order chi connectivity index (χ1) is 15.1. The van der Waals surface area contributed by atoms with Crippen molar-refractivity contribution in [3.63, 3.8) is 0 Å². The SMILES string of the molecule is Nc1ncc(F)c(N(c2cccc(-c3cnco3)c2)c2ccc3c(c2)OCC(=O)N3)n1. The van der Waals surface area contributed by atoms with Crippen LogP contribution in [0.15, 0.2) is 65.7 Å². The van der Waals surface area contributed by atoms with Crippen LogP contribution in [0.4, 0.5) is 33.2 Å². The Morgan fingerprint density at radius 1 is 1.13 bits per heavy atom. The highest BCUT2D eigenvalue weighted by Gasteiger charge is 2.23. The summed E-state index contributed by atoms with van der Waals surface area (Å²) >= 11 is 0. The van der Waals surface area contributed by atoms with Crippen LogP contribution in [0.5, 0.6) is 5.75 Å². The average Bonchev–Trinajstić information content (AvgIpc) is 3.32. The smallest absolute Gasteiger partial charge is 0.262 e. The number of anilines is 5. The van der Waals surface area contributed by atoms with Gasteiger partial charge in [-0.3, -0.25) is 9.69 Å². The lowest BCUT2D eigenvalue weighted by Crippen LogP contribution is -2.25. The number of amides is 1. The predicted octanol–water partition coefficient (Wildman–Crippen LogP) is 3.65. The molecule has 4 aromatic rings. The number of benzene rings is 2. The number of carbonyl (C=O) groups excluding carboxylic acids is 1. The number of nitrogen functional groups attached to an aromatic ring is 1. The van der Waals surface area contributed by atoms with E-state index in [1.807, 2.05) is 6.07 Å². The molecule has 2 aromatic heterocycles. The minimum atomic E-state index is -0.661. The molecule has 0 fully saturated rings. The van der Waals surface area contributed by atoms with Crippen molar-refractivity contribution in [2.45, 2.75) is 0 Å². The van der Waals surface area contributed by atoms with E-state index in [1.54, 1.807) is 47.5 Å². The first-order valence-corrected chi connectivity index (χ1v) is 9.22. The number of nitrogens with zero attached hydrogens (tertiary/aromatic N) is 4. The molecular formula is C21H15FN6O3. The van der Waals surface area contributed by atoms with Crippen LogP contribution >= 0.6 is 0 Å². The summed E-state index contributed by atoms with van der Waals surface area (Å²) in [6, 6.07) is 12.3. The highest BCUT2D eigenvalue weighted by molar-refractivity contribution is 5.96. The summed E-state index contributed by atoms with van der Waals surface area (Å²) < 4.78 is 25.7. The van der Waals surface area contributed by atoms with Crippen LogP contribution in [-0.2, 0) is 4.79 Å². The quantitative estimate of drug-likeness (QED) is 0.515. The van der Waals surface area contributed by atoms with Crippen molar-refractivity contribution in [2.24, 2.45) is 0 Å². The Labute approximate surface area is 175 Å². The summed E-state index contributed by atoms with van der Waals surface area (Å²) in [6.07, 6.45) is 3.93. The van der Waals surface area contributed by atoms with Gasteiger partial charge in [0, 0.05) is 17.3 Å². The molecule has 5 rings (SSSR count). The Morgan fingerprint density at radius 3 is 2.84 bits per heavy atom. The van der Waals surface area contributed by atoms with Crippen molar-refractivity contribution >= 4 is 34.7 Å². The molecule has 3 heterocycles. The normalized spacial score (nSPS) is 12.6. The number of oxazole rings is 1. The molecule has 3 N–H and O–H groups in total. The Hall–Kier alpha value is -4.47. The third-order valence-electron chi connectivity index (χ3n) is 4.63. The van der Waals surface area contributed by atoms with Gasteiger partial charge in [-0.1, -0.05) is 12.1 Å². The number of nitrogens with two attached hydrogens (primary N) is 1. The number of hydrogen-bond acceptors (Lipinski definition) is 8. The van der Waals surface area contributed by atoms with E-state index in [4.69, 9.17) is 14.9 Å². The van der Waals surface area contributed by atoms with Gasteiger partial charge in [0.2, 0.25) is 5.95 Å². The zero-order chi connectivity index (χ0) is 21.4. The summed E-state index contributed by atoms with van der Waals surface area (Å²) in [5.41, 5.74) is 8.14. The lowest BCUT2D eigenvalue weighted by Gasteiger charge is -2.27. The van der Waals surface area contributed by atoms with Gasteiger partial charge in [0.1, 0.15) is 5.75 Å². The number of ether oxygens (including phenoxy) is 1. The molecule has 0 saturated heterocycles. The standard InChI is InChI=1S/C21H15FN6O3/c22-15-8-25-21(23)27-20(15)28(13-3-1-2-12(6-13)18-9-24-11-31-18)14-4-5-16-17(7-14)30-10-19(29)26-16/h1-9,11H,10H2,(H,26,29)(H2,23,25,27). The summed E-state index contributed by atoms with van der Waals surface area (Å²) in [7, 11) is 0. The molecule has 0 unspecified atom stereocenters. The number of carbonyl (C=O) groups is 1. The maximum absolute atomic E-state index is 14.8. The van der Waals surface area contributed by atoms with Crippen molar-refractivity contribution in [1.29, 1.82) is 0 Å². The Balaban J connectivity index is 1.67. The molecule has 0 atom stereocenters. The number of aromatic nitrogens is 3. The first kappa shape index (κ1) is 18.6. The van der Waals surface area contributed by atoms with Crippen LogP contribution in [0.3, 0.4) is 0 Å². The van der Waals surface area contributed by atoms with Crippen LogP contribution in [-0.4, -0.2) is 27.5 Å². The van der Waals surface area contributed by atoms with Crippen molar-refractivity contribution in [2.75, 3.05) is 22.6 Å². The fraction of sp³-hybridized carbons (Fsp3) is 0.0476. The van der Waals surface area contributed by atoms with Crippen molar-refractivity contribution in [3.05, 3.63) is 67.1 Å². The maximum atomic E-state index is 14.8. The predicted molar refractivity (Wildman–Crippen MR) is 111 cm³/mol. The van der Waals surface area contributed by atoms with E-state index >= 15 is 0 Å². The van der Waals surface area contributed by atoms with Gasteiger partial charge in [0.25, 0.3) is 5.91 Å². The topological polar surface area (TPSA) is 119 Å². The zero-order valence-electron chi connectivity index (χ0n) is 15.9. The Kier molecular flexibility index (Phi) is 4.43. The lowest BCUT2D eigenvalue weighted by atomic mass is 10.1. The summed E-state index contributed by atoms with van der Waals surface area (Å²) in [5, 5.41) is 2.73. The van der Waals surface area contributed by atoms with Crippen LogP contribution in [0.25, 0.3) is 11.3 Å². The van der Waals surface area contributed by atoms with Crippen LogP contribution in [0.2, 0.25) is 0 Å². The molecule has 10 heteroatoms. The fourth-order valence-electron chi connectivity index (χ4n) is 3.28. The summed E-state index contributed by atoms with van der Waals surface area (Å²) in [6.45, 7) is -0.105. The van der Waals surface area contributed by atoms with Crippen molar-refractivity contribution in [3.8, 4) is 17.1 Å². The molecule has 0 spiro atoms. The highest BCUT2D eigenvalue weighted by Crippen LogP contribution is 2.40. The first-order valence-electron chi connectivity index (χ1n) is 9.22. The van der Waals surface area contributed by atoms with Gasteiger partial charge in [-0.15, -0.1) is 0 Å². The van der Waals surface area contributed by atoms with Gasteiger partial charge in [-0.25, -0.2) is 14.4 Å². The van der Waals surface area contributed by atoms with Gasteiger partial charge in [0.05, 0.1) is 23.8 Å². The van der Waals surface area contributed by atoms with Crippen LogP contribution < -0.4 is 20.7 Å². The van der Waals surface area contributed by atoms with Gasteiger partial charge in [-0.05, 0) is 24.3 Å². The molecule has 0 bridgehead atoms. The number of halogens is 1. The molecule has 2 aromatic carbocycles. The van der Waals surface area contributed by atoms with E-state index in [0.717, 1.165) is 11.8 Å². The van der Waals surface area contributed by atoms with Crippen LogP contribution in [0.1, 0.15) is 0 Å². The van der Waals surface area contributed by atoms with Crippen molar-refractivity contribution in [1.82, 2.24) is 15.0 Å². The van der Waals surface area contributed by atoms with E-state index in [-0.39, 0.29) is 24.3 Å². The summed E-state index contributed by atoms with van der Waals surface area (Å²) in [4.78, 5) is 24.9. The second-order valence-corrected chi connectivity index (χ2v) is 6.67. The third kappa shape index (κ3) is 3.50. The Morgan fingerprint density at radius 2 is 2.00 bits per heavy atom. The van der Waals surface area contributed by atoms with E-state index in [9.17, 15) is 9.18 Å². The molecule has 1 amide bonds. The molecule has 154 valence electrons. The molecular weight excluding hydrogens is 403 g/mol. The van der Waals surface area contributed by atoms with Gasteiger partial charge >= 0.3 is 0 Å². The summed E-state index contributed by atoms with van der Waals surface area (Å²) in [5.74, 6) is -0.00847. The molecule has 31 heavy (non-hydrogen) atoms. The third-order valence-corrected chi connectivity index (χ3v) is 4.63. The Bertz CT molecular complexity index is 1280. The number of fused-ring (bicyclic) bond motifs is 1. The molecule has 0 saturated carbocycles. The second-order valence-electron chi connectivity index (χ2n) is 6.67. The monoisotopic (exact) mass is 418 g/mol. The molecule has 9 nitrogen and oxygen atoms in total. The fourth-order valence-corrected chi connectivity index (χ4v) is 3.28. The molecule has 1 aliphatic rings. The highest BCUT2D eigenvalue weighted by atomic mass is 19.1. The second kappa shape index (κ2) is 7.41. The number of rotatable bonds is 4. The maximum Gasteiger partial charge on any atom is 0.262 e. The largest absolute Gasteiger partial charge is 0.482 e. The average molecular weight is 418 g/mol. The molecule has 1 aliphatic heterocycles. The number of nitrogens with one attached hydrogen (secondary N) is 1. The lowest BCUT2D eigenvalue weighted by molar-refractivity contribution is -0.118.